The lowest BCUT2D eigenvalue weighted by molar-refractivity contribution is 0.154. The first-order valence-electron chi connectivity index (χ1n) is 10.2. The number of phosphoric ester groups is 1. The molecule has 0 aliphatic carbocycles. The molecule has 15 heteroatoms. The Morgan fingerprint density at radius 1 is 1.29 bits per heavy atom. The number of hydrogen-bond acceptors (Lipinski definition) is 10. The lowest BCUT2D eigenvalue weighted by Crippen LogP contribution is -2.26. The van der Waals surface area contributed by atoms with Gasteiger partial charge in [-0.3, -0.25) is 18.9 Å². The summed E-state index contributed by atoms with van der Waals surface area (Å²) in [7, 11) is -4.81. The molecule has 0 spiro atoms. The summed E-state index contributed by atoms with van der Waals surface area (Å²) in [6.45, 7) is 5.14. The average Bonchev–Trinajstić information content (AvgIpc) is 3.06. The summed E-state index contributed by atoms with van der Waals surface area (Å²) in [4.78, 5) is 43.6. The van der Waals surface area contributed by atoms with Crippen LogP contribution in [0.5, 0.6) is 0 Å². The molecule has 186 valence electrons. The van der Waals surface area contributed by atoms with Crippen molar-refractivity contribution in [2.45, 2.75) is 50.4 Å². The molecule has 3 heterocycles. The van der Waals surface area contributed by atoms with Crippen molar-refractivity contribution in [3.05, 3.63) is 38.7 Å². The number of pyridine rings is 1. The second-order valence-electron chi connectivity index (χ2n) is 7.87. The molecular formula is C19H25ClN5O6PS2. The van der Waals surface area contributed by atoms with Crippen LogP contribution >= 0.6 is 42.5 Å². The molecule has 3 aromatic rings. The van der Waals surface area contributed by atoms with Crippen LogP contribution in [0.3, 0.4) is 0 Å². The first-order valence-corrected chi connectivity index (χ1v) is 13.8. The molecule has 0 radical (unpaired) electrons. The second-order valence-corrected chi connectivity index (χ2v) is 11.8. The molecule has 4 N–H and O–H groups in total. The Kier molecular flexibility index (Phi) is 9.10. The number of aliphatic hydroxyl groups excluding tert-OH is 1. The van der Waals surface area contributed by atoms with E-state index >= 15 is 0 Å². The van der Waals surface area contributed by atoms with E-state index in [1.54, 1.807) is 18.3 Å². The van der Waals surface area contributed by atoms with Crippen molar-refractivity contribution in [3.63, 3.8) is 0 Å². The molecule has 34 heavy (non-hydrogen) atoms. The van der Waals surface area contributed by atoms with Crippen LogP contribution in [0.15, 0.2) is 28.3 Å². The molecule has 0 saturated heterocycles. The van der Waals surface area contributed by atoms with Gasteiger partial charge in [0, 0.05) is 6.20 Å². The molecular weight excluding hydrogens is 525 g/mol. The Morgan fingerprint density at radius 3 is 2.62 bits per heavy atom. The van der Waals surface area contributed by atoms with E-state index in [1.807, 2.05) is 20.8 Å². The third kappa shape index (κ3) is 7.22. The first kappa shape index (κ1) is 27.0. The molecule has 1 unspecified atom stereocenters. The minimum atomic E-state index is -4.81. The monoisotopic (exact) mass is 549 g/mol. The molecule has 0 bridgehead atoms. The highest BCUT2D eigenvalue weighted by Gasteiger charge is 2.23. The molecule has 3 aromatic heterocycles. The fraction of sp³-hybridized carbons (Fsp3) is 0.474. The predicted octanol–water partition coefficient (Wildman–Crippen LogP) is 3.64. The lowest BCUT2D eigenvalue weighted by Gasteiger charge is -2.20. The normalized spacial score (nSPS) is 14.0. The van der Waals surface area contributed by atoms with E-state index < -0.39 is 19.4 Å². The van der Waals surface area contributed by atoms with E-state index in [9.17, 15) is 14.5 Å². The number of rotatable bonds is 11. The lowest BCUT2D eigenvalue weighted by atomic mass is 10.0. The predicted molar refractivity (Wildman–Crippen MR) is 132 cm³/mol. The smallest absolute Gasteiger partial charge is 0.394 e. The van der Waals surface area contributed by atoms with Gasteiger partial charge >= 0.3 is 12.7 Å². The minimum Gasteiger partial charge on any atom is -0.394 e. The standard InChI is InChI=1S/C19H25ClN5O6PS2/c1-10(2)6-13(8-26)22-16-15-17(25(19(27)34-15)9-31-32(28,29)30)24-18(23-16)33-11(3)14-5-4-12(20)7-21-14/h4-5,7,10-11,13,26H,6,8-9H2,1-3H3,(H,22,23,24)(H2,28,29,30)/t11-,13?/m0/s1. The number of aliphatic hydroxyl groups is 1. The van der Waals surface area contributed by atoms with Gasteiger partial charge in [0.2, 0.25) is 0 Å². The molecule has 0 aliphatic heterocycles. The molecule has 2 atom stereocenters. The summed E-state index contributed by atoms with van der Waals surface area (Å²) in [6, 6.07) is 3.20. The number of phosphoric acid groups is 1. The van der Waals surface area contributed by atoms with Gasteiger partial charge in [0.05, 0.1) is 28.6 Å². The van der Waals surface area contributed by atoms with Crippen molar-refractivity contribution in [2.24, 2.45) is 5.92 Å². The number of aromatic nitrogens is 4. The van der Waals surface area contributed by atoms with E-state index in [2.05, 4.69) is 24.8 Å². The second kappa shape index (κ2) is 11.4. The Morgan fingerprint density at radius 2 is 2.03 bits per heavy atom. The van der Waals surface area contributed by atoms with Gasteiger partial charge in [0.15, 0.2) is 16.6 Å². The van der Waals surface area contributed by atoms with Crippen LogP contribution in [0.2, 0.25) is 5.02 Å². The van der Waals surface area contributed by atoms with Gasteiger partial charge in [-0.2, -0.15) is 0 Å². The zero-order chi connectivity index (χ0) is 25.0. The van der Waals surface area contributed by atoms with Crippen LogP contribution in [-0.4, -0.2) is 47.1 Å². The van der Waals surface area contributed by atoms with Gasteiger partial charge in [-0.25, -0.2) is 14.5 Å². The number of anilines is 1. The van der Waals surface area contributed by atoms with Gasteiger partial charge in [0.25, 0.3) is 0 Å². The summed E-state index contributed by atoms with van der Waals surface area (Å²) in [5.74, 6) is 0.646. The van der Waals surface area contributed by atoms with E-state index in [1.165, 1.54) is 11.8 Å². The maximum Gasteiger partial charge on any atom is 0.471 e. The third-order valence-corrected chi connectivity index (χ3v) is 7.25. The van der Waals surface area contributed by atoms with Crippen molar-refractivity contribution in [1.29, 1.82) is 0 Å². The largest absolute Gasteiger partial charge is 0.471 e. The molecule has 0 aliphatic rings. The van der Waals surface area contributed by atoms with E-state index in [4.69, 9.17) is 21.4 Å². The van der Waals surface area contributed by atoms with Crippen molar-refractivity contribution in [1.82, 2.24) is 19.5 Å². The number of nitrogens with zero attached hydrogens (tertiary/aromatic N) is 4. The Balaban J connectivity index is 2.03. The minimum absolute atomic E-state index is 0.145. The molecule has 3 rings (SSSR count). The van der Waals surface area contributed by atoms with E-state index in [-0.39, 0.29) is 23.5 Å². The number of hydrogen-bond donors (Lipinski definition) is 4. The number of nitrogens with one attached hydrogen (secondary N) is 1. The number of fused-ring (bicyclic) bond motifs is 1. The number of thiazole rings is 1. The topological polar surface area (TPSA) is 160 Å². The average molecular weight is 550 g/mol. The van der Waals surface area contributed by atoms with Gasteiger partial charge in [-0.05, 0) is 31.4 Å². The Bertz CT molecular complexity index is 1230. The highest BCUT2D eigenvalue weighted by atomic mass is 35.5. The summed E-state index contributed by atoms with van der Waals surface area (Å²) >= 11 is 8.03. The summed E-state index contributed by atoms with van der Waals surface area (Å²) in [6.07, 6.45) is 2.20. The van der Waals surface area contributed by atoms with Gasteiger partial charge in [0.1, 0.15) is 11.4 Å². The Labute approximate surface area is 208 Å². The maximum atomic E-state index is 12.6. The summed E-state index contributed by atoms with van der Waals surface area (Å²) in [5, 5.41) is 13.7. The zero-order valence-corrected chi connectivity index (χ0v) is 21.9. The van der Waals surface area contributed by atoms with Crippen LogP contribution in [0, 0.1) is 5.92 Å². The van der Waals surface area contributed by atoms with Crippen molar-refractivity contribution in [2.75, 3.05) is 11.9 Å². The highest BCUT2D eigenvalue weighted by molar-refractivity contribution is 7.99. The van der Waals surface area contributed by atoms with Crippen molar-refractivity contribution >= 4 is 58.7 Å². The van der Waals surface area contributed by atoms with Crippen LogP contribution in [0.1, 0.15) is 38.1 Å². The SMILES string of the molecule is CC(C)CC(CO)Nc1nc(S[C@@H](C)c2ccc(Cl)cn2)nc2c1sc(=O)n2COP(=O)(O)O. The maximum absolute atomic E-state index is 12.6. The molecule has 0 amide bonds. The van der Waals surface area contributed by atoms with E-state index in [0.29, 0.717) is 33.0 Å². The quantitative estimate of drug-likeness (QED) is 0.157. The van der Waals surface area contributed by atoms with Gasteiger partial charge < -0.3 is 20.2 Å². The number of thioether (sulfide) groups is 1. The van der Waals surface area contributed by atoms with Crippen LogP contribution in [0.25, 0.3) is 10.3 Å². The van der Waals surface area contributed by atoms with Crippen molar-refractivity contribution in [3.8, 4) is 0 Å². The Hall–Kier alpha value is -1.57. The highest BCUT2D eigenvalue weighted by Crippen LogP contribution is 2.38. The van der Waals surface area contributed by atoms with Crippen LogP contribution in [0.4, 0.5) is 5.82 Å². The molecule has 0 aromatic carbocycles. The summed E-state index contributed by atoms with van der Waals surface area (Å²) in [5.41, 5.74) is 0.911. The van der Waals surface area contributed by atoms with E-state index in [0.717, 1.165) is 21.6 Å². The van der Waals surface area contributed by atoms with Crippen molar-refractivity contribution < 1.29 is 24.0 Å². The zero-order valence-electron chi connectivity index (χ0n) is 18.6. The first-order chi connectivity index (χ1) is 16.0. The van der Waals surface area contributed by atoms with Gasteiger partial charge in [-0.15, -0.1) is 0 Å². The molecule has 0 saturated carbocycles. The molecule has 11 nitrogen and oxygen atoms in total. The molecule has 0 fully saturated rings. The fourth-order valence-electron chi connectivity index (χ4n) is 3.11. The fourth-order valence-corrected chi connectivity index (χ4v) is 5.22. The van der Waals surface area contributed by atoms with Gasteiger partial charge in [-0.1, -0.05) is 48.5 Å². The van der Waals surface area contributed by atoms with Crippen LogP contribution in [-0.2, 0) is 15.8 Å². The van der Waals surface area contributed by atoms with Crippen LogP contribution < -0.4 is 10.2 Å². The number of halogens is 1. The summed E-state index contributed by atoms with van der Waals surface area (Å²) < 4.78 is 17.2. The third-order valence-electron chi connectivity index (χ3n) is 4.61.